The van der Waals surface area contributed by atoms with Gasteiger partial charge in [0.2, 0.25) is 0 Å². The molecule has 0 saturated carbocycles. The molecule has 0 bridgehead atoms. The summed E-state index contributed by atoms with van der Waals surface area (Å²) in [5.41, 5.74) is 0. The lowest BCUT2D eigenvalue weighted by molar-refractivity contribution is 0.0995. The highest BCUT2D eigenvalue weighted by molar-refractivity contribution is 8.01. The van der Waals surface area contributed by atoms with E-state index in [1.807, 2.05) is 28.8 Å². The summed E-state index contributed by atoms with van der Waals surface area (Å²) in [6.45, 7) is 1.67. The van der Waals surface area contributed by atoms with Gasteiger partial charge in [-0.05, 0) is 12.1 Å². The molecule has 0 radical (unpaired) electrons. The molecule has 2 saturated heterocycles. The second-order valence-corrected chi connectivity index (χ2v) is 7.15. The van der Waals surface area contributed by atoms with E-state index in [9.17, 15) is 4.79 Å². The first-order valence-corrected chi connectivity index (χ1v) is 7.73. The Kier molecular flexibility index (Phi) is 3.50. The second kappa shape index (κ2) is 5.16. The van der Waals surface area contributed by atoms with Crippen LogP contribution in [0.1, 0.15) is 6.42 Å². The molecule has 5 nitrogen and oxygen atoms in total. The molecule has 3 heterocycles. The number of amides is 2. The van der Waals surface area contributed by atoms with Gasteiger partial charge in [-0.3, -0.25) is 4.98 Å². The summed E-state index contributed by atoms with van der Waals surface area (Å²) < 4.78 is 6.16. The summed E-state index contributed by atoms with van der Waals surface area (Å²) >= 11 is 1.93. The van der Waals surface area contributed by atoms with Gasteiger partial charge in [0.25, 0.3) is 0 Å². The van der Waals surface area contributed by atoms with E-state index in [1.54, 1.807) is 31.4 Å². The van der Waals surface area contributed by atoms with Crippen molar-refractivity contribution in [1.82, 2.24) is 14.8 Å². The predicted molar refractivity (Wildman–Crippen MR) is 79.1 cm³/mol. The number of likely N-dealkylation sites (tertiary alicyclic amines) is 1. The van der Waals surface area contributed by atoms with Crippen LogP contribution in [0.2, 0.25) is 0 Å². The SMILES string of the molecule is CN(C)C(=O)N1CC2(C[C@H](Oc3cccnc3)CS2)C1. The molecule has 2 aliphatic rings. The van der Waals surface area contributed by atoms with Crippen molar-refractivity contribution in [3.63, 3.8) is 0 Å². The number of carbonyl (C=O) groups is 1. The number of rotatable bonds is 2. The van der Waals surface area contributed by atoms with E-state index in [0.29, 0.717) is 0 Å². The first-order chi connectivity index (χ1) is 9.58. The van der Waals surface area contributed by atoms with E-state index in [0.717, 1.165) is 31.0 Å². The number of hydrogen-bond donors (Lipinski definition) is 0. The van der Waals surface area contributed by atoms with Gasteiger partial charge in [-0.25, -0.2) is 4.79 Å². The number of hydrogen-bond acceptors (Lipinski definition) is 4. The van der Waals surface area contributed by atoms with Crippen LogP contribution in [-0.4, -0.2) is 64.6 Å². The third-order valence-corrected chi connectivity index (χ3v) is 5.30. The number of ether oxygens (including phenoxy) is 1. The first-order valence-electron chi connectivity index (χ1n) is 6.75. The minimum absolute atomic E-state index is 0.104. The maximum Gasteiger partial charge on any atom is 0.319 e. The Balaban J connectivity index is 1.53. The lowest BCUT2D eigenvalue weighted by Crippen LogP contribution is -2.62. The van der Waals surface area contributed by atoms with Gasteiger partial charge in [0.1, 0.15) is 11.9 Å². The van der Waals surface area contributed by atoms with Crippen molar-refractivity contribution in [2.24, 2.45) is 0 Å². The Bertz CT molecular complexity index is 488. The second-order valence-electron chi connectivity index (χ2n) is 5.66. The van der Waals surface area contributed by atoms with Crippen molar-refractivity contribution >= 4 is 17.8 Å². The van der Waals surface area contributed by atoms with E-state index in [4.69, 9.17) is 4.74 Å². The summed E-state index contributed by atoms with van der Waals surface area (Å²) in [5.74, 6) is 1.81. The zero-order valence-corrected chi connectivity index (χ0v) is 12.6. The topological polar surface area (TPSA) is 45.7 Å². The molecule has 1 atom stereocenters. The molecule has 108 valence electrons. The molecule has 2 fully saturated rings. The summed E-state index contributed by atoms with van der Waals surface area (Å²) in [6.07, 6.45) is 4.72. The van der Waals surface area contributed by atoms with Crippen LogP contribution in [0.25, 0.3) is 0 Å². The minimum atomic E-state index is 0.104. The van der Waals surface area contributed by atoms with Crippen molar-refractivity contribution in [2.45, 2.75) is 17.3 Å². The third kappa shape index (κ3) is 2.57. The molecule has 0 aromatic carbocycles. The van der Waals surface area contributed by atoms with Crippen LogP contribution in [0.15, 0.2) is 24.5 Å². The van der Waals surface area contributed by atoms with Crippen LogP contribution >= 0.6 is 11.8 Å². The quantitative estimate of drug-likeness (QED) is 0.832. The van der Waals surface area contributed by atoms with E-state index in [-0.39, 0.29) is 16.9 Å². The highest BCUT2D eigenvalue weighted by atomic mass is 32.2. The molecule has 6 heteroatoms. The number of pyridine rings is 1. The summed E-state index contributed by atoms with van der Waals surface area (Å²) in [5, 5.41) is 0. The van der Waals surface area contributed by atoms with Crippen LogP contribution in [0.3, 0.4) is 0 Å². The molecule has 2 aliphatic heterocycles. The molecular weight excluding hydrogens is 274 g/mol. The van der Waals surface area contributed by atoms with Crippen molar-refractivity contribution < 1.29 is 9.53 Å². The lowest BCUT2D eigenvalue weighted by Gasteiger charge is -2.48. The number of thioether (sulfide) groups is 1. The Morgan fingerprint density at radius 3 is 3.00 bits per heavy atom. The fraction of sp³-hybridized carbons (Fsp3) is 0.571. The number of urea groups is 1. The minimum Gasteiger partial charge on any atom is -0.488 e. The van der Waals surface area contributed by atoms with Gasteiger partial charge in [-0.2, -0.15) is 0 Å². The average molecular weight is 293 g/mol. The van der Waals surface area contributed by atoms with E-state index in [1.165, 1.54) is 0 Å². The molecule has 1 aromatic heterocycles. The molecule has 0 unspecified atom stereocenters. The van der Waals surface area contributed by atoms with Crippen LogP contribution in [-0.2, 0) is 0 Å². The maximum absolute atomic E-state index is 11.8. The van der Waals surface area contributed by atoms with Crippen molar-refractivity contribution in [3.8, 4) is 5.75 Å². The van der Waals surface area contributed by atoms with Crippen molar-refractivity contribution in [1.29, 1.82) is 0 Å². The van der Waals surface area contributed by atoms with Crippen LogP contribution < -0.4 is 4.74 Å². The molecule has 0 aliphatic carbocycles. The van der Waals surface area contributed by atoms with Gasteiger partial charge in [0.15, 0.2) is 0 Å². The molecule has 2 amide bonds. The van der Waals surface area contributed by atoms with Gasteiger partial charge < -0.3 is 14.5 Å². The Morgan fingerprint density at radius 1 is 1.55 bits per heavy atom. The molecule has 1 aromatic rings. The van der Waals surface area contributed by atoms with Crippen LogP contribution in [0.4, 0.5) is 4.79 Å². The highest BCUT2D eigenvalue weighted by Crippen LogP contribution is 2.46. The van der Waals surface area contributed by atoms with Crippen molar-refractivity contribution in [3.05, 3.63) is 24.5 Å². The fourth-order valence-electron chi connectivity index (χ4n) is 2.78. The Hall–Kier alpha value is -1.43. The van der Waals surface area contributed by atoms with Crippen LogP contribution in [0.5, 0.6) is 5.75 Å². The smallest absolute Gasteiger partial charge is 0.319 e. The van der Waals surface area contributed by atoms with Crippen molar-refractivity contribution in [2.75, 3.05) is 32.9 Å². The summed E-state index contributed by atoms with van der Waals surface area (Å²) in [7, 11) is 3.59. The normalized spacial score (nSPS) is 23.5. The Morgan fingerprint density at radius 2 is 2.35 bits per heavy atom. The third-order valence-electron chi connectivity index (χ3n) is 3.72. The van der Waals surface area contributed by atoms with Crippen LogP contribution in [0, 0.1) is 0 Å². The van der Waals surface area contributed by atoms with Gasteiger partial charge >= 0.3 is 6.03 Å². The maximum atomic E-state index is 11.8. The zero-order chi connectivity index (χ0) is 14.2. The van der Waals surface area contributed by atoms with E-state index in [2.05, 4.69) is 4.98 Å². The molecular formula is C14H19N3O2S. The van der Waals surface area contributed by atoms with Gasteiger partial charge in [0.05, 0.1) is 10.9 Å². The Labute approximate surface area is 123 Å². The monoisotopic (exact) mass is 293 g/mol. The standard InChI is InChI=1S/C14H19N3O2S/c1-16(2)13(18)17-9-14(10-17)6-12(8-20-14)19-11-4-3-5-15-7-11/h3-5,7,12H,6,8-10H2,1-2H3/t12-/m0/s1. The first kappa shape index (κ1) is 13.5. The predicted octanol–water partition coefficient (Wildman–Crippen LogP) is 1.70. The number of carbonyl (C=O) groups excluding carboxylic acids is 1. The molecule has 1 spiro atoms. The molecule has 3 rings (SSSR count). The molecule has 0 N–H and O–H groups in total. The zero-order valence-electron chi connectivity index (χ0n) is 11.8. The fourth-order valence-corrected chi connectivity index (χ4v) is 4.30. The van der Waals surface area contributed by atoms with E-state index >= 15 is 0 Å². The van der Waals surface area contributed by atoms with Gasteiger partial charge in [-0.15, -0.1) is 11.8 Å². The molecule has 20 heavy (non-hydrogen) atoms. The summed E-state index contributed by atoms with van der Waals surface area (Å²) in [4.78, 5) is 19.4. The van der Waals surface area contributed by atoms with E-state index < -0.39 is 0 Å². The average Bonchev–Trinajstić information content (AvgIpc) is 2.81. The van der Waals surface area contributed by atoms with Gasteiger partial charge in [0, 0.05) is 45.6 Å². The number of aromatic nitrogens is 1. The lowest BCUT2D eigenvalue weighted by atomic mass is 9.93. The summed E-state index contributed by atoms with van der Waals surface area (Å²) in [6, 6.07) is 3.92. The number of nitrogens with zero attached hydrogens (tertiary/aromatic N) is 3. The highest BCUT2D eigenvalue weighted by Gasteiger charge is 2.51. The van der Waals surface area contributed by atoms with Gasteiger partial charge in [-0.1, -0.05) is 0 Å². The largest absolute Gasteiger partial charge is 0.488 e.